The van der Waals surface area contributed by atoms with Gasteiger partial charge in [0, 0.05) is 33.5 Å². The van der Waals surface area contributed by atoms with E-state index in [2.05, 4.69) is 22.7 Å². The molecule has 0 aromatic carbocycles. The van der Waals surface area contributed by atoms with Gasteiger partial charge in [0.25, 0.3) is 5.56 Å². The van der Waals surface area contributed by atoms with Crippen molar-refractivity contribution in [3.05, 3.63) is 32.6 Å². The van der Waals surface area contributed by atoms with Gasteiger partial charge in [0.1, 0.15) is 11.8 Å². The Balaban J connectivity index is 2.10. The summed E-state index contributed by atoms with van der Waals surface area (Å²) < 4.78 is 26.6. The van der Waals surface area contributed by atoms with Crippen LogP contribution in [-0.2, 0) is 13.8 Å². The average molecular weight is 446 g/mol. The zero-order chi connectivity index (χ0) is 23.5. The maximum Gasteiger partial charge on any atom is 0.330 e. The maximum atomic E-state index is 12.4. The fourth-order valence-corrected chi connectivity index (χ4v) is 4.24. The molecule has 9 heteroatoms. The van der Waals surface area contributed by atoms with Crippen LogP contribution in [0.3, 0.4) is 0 Å². The maximum absolute atomic E-state index is 12.4. The Morgan fingerprint density at radius 1 is 1.48 bits per heavy atom. The van der Waals surface area contributed by atoms with Crippen molar-refractivity contribution in [2.75, 3.05) is 6.66 Å². The molecule has 0 bridgehead atoms. The van der Waals surface area contributed by atoms with Gasteiger partial charge in [0.15, 0.2) is 8.38 Å². The van der Waals surface area contributed by atoms with E-state index in [1.807, 2.05) is 6.07 Å². The summed E-state index contributed by atoms with van der Waals surface area (Å²) in [4.78, 5) is 26.8. The number of nitrogens with one attached hydrogen (secondary N) is 1. The van der Waals surface area contributed by atoms with Crippen LogP contribution in [0, 0.1) is 35.5 Å². The molecule has 1 N–H and O–H groups in total. The summed E-state index contributed by atoms with van der Waals surface area (Å²) in [6, 6.07) is 2.05. The zero-order valence-corrected chi connectivity index (χ0v) is 18.7. The van der Waals surface area contributed by atoms with Gasteiger partial charge in [-0.15, -0.1) is 12.3 Å². The van der Waals surface area contributed by atoms with E-state index in [1.165, 1.54) is 10.8 Å². The van der Waals surface area contributed by atoms with E-state index in [1.54, 1.807) is 13.6 Å². The number of nitrogens with zero attached hydrogens (tertiary/aromatic N) is 2. The largest absolute Gasteiger partial charge is 0.352 e. The van der Waals surface area contributed by atoms with Gasteiger partial charge in [0.2, 0.25) is 0 Å². The van der Waals surface area contributed by atoms with Crippen LogP contribution in [0.15, 0.2) is 15.8 Å². The summed E-state index contributed by atoms with van der Waals surface area (Å²) in [5, 5.41) is 8.76. The molecule has 0 aliphatic carbocycles. The molecule has 31 heavy (non-hydrogen) atoms. The van der Waals surface area contributed by atoms with Crippen molar-refractivity contribution in [1.82, 2.24) is 9.55 Å². The summed E-state index contributed by atoms with van der Waals surface area (Å²) in [5.41, 5.74) is -0.993. The Hall–Kier alpha value is -2.40. The third-order valence-corrected chi connectivity index (χ3v) is 5.77. The van der Waals surface area contributed by atoms with Crippen LogP contribution in [0.4, 0.5) is 0 Å². The van der Waals surface area contributed by atoms with Gasteiger partial charge < -0.3 is 13.8 Å². The fraction of sp³-hybridized carbons (Fsp3) is 0.591. The molecule has 5 atom stereocenters. The molecule has 1 aliphatic rings. The van der Waals surface area contributed by atoms with E-state index in [4.69, 9.17) is 26.8 Å². The minimum atomic E-state index is -1.29. The Kier molecular flexibility index (Phi) is 9.35. The molecular weight excluding hydrogens is 417 g/mol. The topological polar surface area (TPSA) is 106 Å². The molecule has 0 radical (unpaired) electrons. The predicted octanol–water partition coefficient (Wildman–Crippen LogP) is 3.03. The number of hydrogen-bond donors (Lipinski definition) is 1. The fourth-order valence-electron chi connectivity index (χ4n) is 3.01. The van der Waals surface area contributed by atoms with Gasteiger partial charge in [0.05, 0.1) is 30.8 Å². The van der Waals surface area contributed by atoms with Crippen molar-refractivity contribution >= 4 is 8.38 Å². The van der Waals surface area contributed by atoms with Crippen LogP contribution in [0.2, 0.25) is 0 Å². The summed E-state index contributed by atoms with van der Waals surface area (Å²) in [6.45, 7) is 3.51. The second kappa shape index (κ2) is 12.5. The molecule has 2 unspecified atom stereocenters. The number of aromatic nitrogens is 2. The highest BCUT2D eigenvalue weighted by molar-refractivity contribution is 7.46. The normalized spacial score (nSPS) is 22.5. The quantitative estimate of drug-likeness (QED) is 0.355. The second-order valence-corrected chi connectivity index (χ2v) is 8.45. The lowest BCUT2D eigenvalue weighted by atomic mass is 10.2. The van der Waals surface area contributed by atoms with Crippen LogP contribution < -0.4 is 11.2 Å². The monoisotopic (exact) mass is 446 g/mol. The Bertz CT molecular complexity index is 1020. The molecule has 2 heterocycles. The summed E-state index contributed by atoms with van der Waals surface area (Å²) in [6.07, 6.45) is 8.20. The molecule has 2 rings (SSSR count). The van der Waals surface area contributed by atoms with Crippen LogP contribution in [0.1, 0.15) is 65.5 Å². The molecule has 1 fully saturated rings. The second-order valence-electron chi connectivity index (χ2n) is 7.15. The number of rotatable bonds is 9. The van der Waals surface area contributed by atoms with Gasteiger partial charge in [-0.1, -0.05) is 11.8 Å². The number of aromatic amines is 1. The zero-order valence-electron chi connectivity index (χ0n) is 18.8. The van der Waals surface area contributed by atoms with Crippen molar-refractivity contribution in [2.45, 2.75) is 76.9 Å². The van der Waals surface area contributed by atoms with Gasteiger partial charge in [-0.25, -0.2) is 4.79 Å². The molecule has 0 saturated carbocycles. The highest BCUT2D eigenvalue weighted by atomic mass is 31.2. The minimum absolute atomic E-state index is 0.0550. The van der Waals surface area contributed by atoms with Crippen molar-refractivity contribution in [3.8, 4) is 30.3 Å². The van der Waals surface area contributed by atoms with Gasteiger partial charge >= 0.3 is 5.69 Å². The van der Waals surface area contributed by atoms with Crippen LogP contribution >= 0.6 is 8.38 Å². The van der Waals surface area contributed by atoms with Crippen LogP contribution in [0.25, 0.3) is 0 Å². The molecule has 1 saturated heterocycles. The Morgan fingerprint density at radius 2 is 2.26 bits per heavy atom. The van der Waals surface area contributed by atoms with E-state index < -0.39 is 38.1 Å². The third-order valence-electron chi connectivity index (χ3n) is 4.55. The SMILES string of the molecule is [2H]C[C@H]1O[C@@H](n2cc(C#CCCCCC#C)c(=O)[nH]c2=O)C[C@H]1OP(C)OC(C)CC#N. The molecule has 8 nitrogen and oxygen atoms in total. The molecule has 166 valence electrons. The lowest BCUT2D eigenvalue weighted by molar-refractivity contribution is -0.00730. The van der Waals surface area contributed by atoms with E-state index in [-0.39, 0.29) is 25.0 Å². The molecular formula is C22H28N3O5P. The van der Waals surface area contributed by atoms with Crippen molar-refractivity contribution in [1.29, 1.82) is 5.26 Å². The van der Waals surface area contributed by atoms with Gasteiger partial charge in [-0.05, 0) is 26.7 Å². The van der Waals surface area contributed by atoms with Crippen molar-refractivity contribution in [3.63, 3.8) is 0 Å². The highest BCUT2D eigenvalue weighted by Crippen LogP contribution is 2.42. The average Bonchev–Trinajstić information content (AvgIpc) is 3.14. The summed E-state index contributed by atoms with van der Waals surface area (Å²) >= 11 is 0. The lowest BCUT2D eigenvalue weighted by Gasteiger charge is -2.21. The van der Waals surface area contributed by atoms with E-state index >= 15 is 0 Å². The minimum Gasteiger partial charge on any atom is -0.352 e. The Labute approximate surface area is 185 Å². The highest BCUT2D eigenvalue weighted by Gasteiger charge is 2.36. The van der Waals surface area contributed by atoms with E-state index in [0.29, 0.717) is 19.3 Å². The molecule has 1 aliphatic heterocycles. The van der Waals surface area contributed by atoms with Crippen molar-refractivity contribution in [2.24, 2.45) is 0 Å². The van der Waals surface area contributed by atoms with Crippen molar-refractivity contribution < 1.29 is 15.2 Å². The summed E-state index contributed by atoms with van der Waals surface area (Å²) in [5.74, 6) is 8.32. The number of terminal acetylenes is 1. The smallest absolute Gasteiger partial charge is 0.330 e. The first-order valence-electron chi connectivity index (χ1n) is 10.8. The molecule has 1 aromatic heterocycles. The van der Waals surface area contributed by atoms with Gasteiger partial charge in [-0.3, -0.25) is 14.3 Å². The lowest BCUT2D eigenvalue weighted by Crippen LogP contribution is -2.33. The number of ether oxygens (including phenoxy) is 1. The van der Waals surface area contributed by atoms with Crippen LogP contribution in [0.5, 0.6) is 0 Å². The van der Waals surface area contributed by atoms with Crippen LogP contribution in [-0.4, -0.2) is 34.5 Å². The number of nitriles is 1. The van der Waals surface area contributed by atoms with Gasteiger partial charge in [-0.2, -0.15) is 5.26 Å². The first-order chi connectivity index (χ1) is 15.4. The molecule has 0 spiro atoms. The molecule has 1 aromatic rings. The number of unbranched alkanes of at least 4 members (excludes halogenated alkanes) is 3. The first kappa shape index (κ1) is 23.3. The number of hydrogen-bond acceptors (Lipinski definition) is 6. The number of H-pyrrole nitrogens is 1. The first-order valence-corrected chi connectivity index (χ1v) is 11.7. The Morgan fingerprint density at radius 3 is 2.97 bits per heavy atom. The van der Waals surface area contributed by atoms with E-state index in [9.17, 15) is 9.59 Å². The molecule has 0 amide bonds. The van der Waals surface area contributed by atoms with E-state index in [0.717, 1.165) is 12.8 Å². The predicted molar refractivity (Wildman–Crippen MR) is 118 cm³/mol. The summed E-state index contributed by atoms with van der Waals surface area (Å²) in [7, 11) is -1.29. The standard InChI is InChI=1S/C22H28N3O5P/c1-5-6-7-8-9-10-11-18-15-25(22(27)24-21(18)26)20-14-19(17(3)28-20)30-31(4)29-16(2)12-13-23/h1,15-17,19-20H,6-9,12,14H2,2-4H3,(H,24,26,27)/t16?,17-,19-,20-,31?/m1/s1/i3D. The third kappa shape index (κ3) is 7.66.